The molecule has 1 saturated heterocycles. The van der Waals surface area contributed by atoms with Gasteiger partial charge in [-0.05, 0) is 31.2 Å². The number of aromatic nitrogens is 1. The van der Waals surface area contributed by atoms with Gasteiger partial charge in [0.1, 0.15) is 5.75 Å². The number of aliphatic hydroxyl groups excluding tert-OH is 1. The molecule has 0 saturated carbocycles. The molecule has 1 atom stereocenters. The highest BCUT2D eigenvalue weighted by Crippen LogP contribution is 2.29. The first-order valence-corrected chi connectivity index (χ1v) is 9.51. The lowest BCUT2D eigenvalue weighted by Gasteiger charge is -2.37. The number of ether oxygens (including phenoxy) is 1. The fraction of sp³-hybridized carbons (Fsp3) is 0.364. The largest absolute Gasteiger partial charge is 0.495 e. The van der Waals surface area contributed by atoms with Crippen molar-refractivity contribution in [3.63, 3.8) is 0 Å². The summed E-state index contributed by atoms with van der Waals surface area (Å²) in [6, 6.07) is 14.5. The molecule has 5 heteroatoms. The number of nitrogens with zero attached hydrogens (tertiary/aromatic N) is 2. The molecule has 1 aromatic heterocycles. The van der Waals surface area contributed by atoms with Crippen LogP contribution >= 0.6 is 0 Å². The quantitative estimate of drug-likeness (QED) is 0.728. The molecule has 4 rings (SSSR count). The van der Waals surface area contributed by atoms with E-state index in [2.05, 4.69) is 46.0 Å². The second-order valence-corrected chi connectivity index (χ2v) is 7.27. The van der Waals surface area contributed by atoms with E-state index in [9.17, 15) is 5.11 Å². The number of hydrogen-bond donors (Lipinski definition) is 2. The van der Waals surface area contributed by atoms with Crippen molar-refractivity contribution in [2.24, 2.45) is 0 Å². The van der Waals surface area contributed by atoms with E-state index in [0.29, 0.717) is 6.54 Å². The Morgan fingerprint density at radius 3 is 2.67 bits per heavy atom. The number of aliphatic hydroxyl groups is 1. The van der Waals surface area contributed by atoms with Gasteiger partial charge in [-0.1, -0.05) is 23.8 Å². The van der Waals surface area contributed by atoms with E-state index in [1.807, 2.05) is 24.4 Å². The molecule has 0 aliphatic carbocycles. The Balaban J connectivity index is 1.41. The van der Waals surface area contributed by atoms with Crippen LogP contribution in [0.25, 0.3) is 10.9 Å². The standard InChI is InChI=1S/C22H27N3O2/c1-16-7-8-19-17(13-16)18(14-23-19)21(26)15-24-9-11-25(12-10-24)20-5-3-4-6-22(20)27-2/h3-8,13-14,21,23,26H,9-12,15H2,1-2H3/t21-/m1/s1. The van der Waals surface area contributed by atoms with Crippen LogP contribution in [0, 0.1) is 6.92 Å². The summed E-state index contributed by atoms with van der Waals surface area (Å²) in [7, 11) is 1.72. The lowest BCUT2D eigenvalue weighted by Crippen LogP contribution is -2.47. The Labute approximate surface area is 160 Å². The molecule has 1 aliphatic heterocycles. The second-order valence-electron chi connectivity index (χ2n) is 7.27. The molecule has 0 amide bonds. The van der Waals surface area contributed by atoms with Crippen molar-refractivity contribution >= 4 is 16.6 Å². The van der Waals surface area contributed by atoms with Gasteiger partial charge in [0.05, 0.1) is 18.9 Å². The summed E-state index contributed by atoms with van der Waals surface area (Å²) in [4.78, 5) is 7.97. The average molecular weight is 365 g/mol. The van der Waals surface area contributed by atoms with E-state index in [0.717, 1.165) is 54.1 Å². The summed E-state index contributed by atoms with van der Waals surface area (Å²) in [6.45, 7) is 6.45. The van der Waals surface area contributed by atoms with Crippen molar-refractivity contribution in [1.29, 1.82) is 0 Å². The zero-order valence-electron chi connectivity index (χ0n) is 16.0. The number of nitrogens with one attached hydrogen (secondary N) is 1. The molecule has 2 aromatic carbocycles. The molecule has 1 aliphatic rings. The van der Waals surface area contributed by atoms with Gasteiger partial charge in [0.15, 0.2) is 0 Å². The fourth-order valence-corrected chi connectivity index (χ4v) is 3.94. The lowest BCUT2D eigenvalue weighted by molar-refractivity contribution is 0.110. The number of aryl methyl sites for hydroxylation is 1. The minimum atomic E-state index is -0.488. The number of methoxy groups -OCH3 is 1. The Bertz CT molecular complexity index is 913. The van der Waals surface area contributed by atoms with Crippen LogP contribution in [0.1, 0.15) is 17.2 Å². The van der Waals surface area contributed by atoms with Crippen molar-refractivity contribution in [3.8, 4) is 5.75 Å². The summed E-state index contributed by atoms with van der Waals surface area (Å²) in [5.74, 6) is 0.917. The van der Waals surface area contributed by atoms with Gasteiger partial charge in [-0.25, -0.2) is 0 Å². The predicted octanol–water partition coefficient (Wildman–Crippen LogP) is 3.34. The topological polar surface area (TPSA) is 51.7 Å². The number of benzene rings is 2. The van der Waals surface area contributed by atoms with Gasteiger partial charge in [0.25, 0.3) is 0 Å². The number of para-hydroxylation sites is 2. The molecule has 0 radical (unpaired) electrons. The van der Waals surface area contributed by atoms with Gasteiger partial charge in [-0.2, -0.15) is 0 Å². The average Bonchev–Trinajstić information content (AvgIpc) is 3.11. The maximum absolute atomic E-state index is 10.8. The summed E-state index contributed by atoms with van der Waals surface area (Å²) in [5.41, 5.74) is 4.42. The van der Waals surface area contributed by atoms with E-state index >= 15 is 0 Å². The Morgan fingerprint density at radius 1 is 1.11 bits per heavy atom. The Morgan fingerprint density at radius 2 is 1.89 bits per heavy atom. The van der Waals surface area contributed by atoms with Crippen LogP contribution in [0.5, 0.6) is 5.75 Å². The first-order chi connectivity index (χ1) is 13.2. The minimum absolute atomic E-state index is 0.488. The molecule has 0 bridgehead atoms. The van der Waals surface area contributed by atoms with Crippen LogP contribution in [-0.2, 0) is 0 Å². The van der Waals surface area contributed by atoms with Crippen LogP contribution in [0.3, 0.4) is 0 Å². The highest BCUT2D eigenvalue weighted by molar-refractivity contribution is 5.84. The monoisotopic (exact) mass is 365 g/mol. The van der Waals surface area contributed by atoms with Gasteiger partial charge in [-0.15, -0.1) is 0 Å². The Kier molecular flexibility index (Phi) is 5.05. The maximum Gasteiger partial charge on any atom is 0.142 e. The van der Waals surface area contributed by atoms with Crippen LogP contribution in [-0.4, -0.2) is 54.8 Å². The second kappa shape index (κ2) is 7.62. The molecular formula is C22H27N3O2. The van der Waals surface area contributed by atoms with Crippen molar-refractivity contribution < 1.29 is 9.84 Å². The van der Waals surface area contributed by atoms with E-state index < -0.39 is 6.10 Å². The first kappa shape index (κ1) is 17.9. The molecule has 2 N–H and O–H groups in total. The number of aromatic amines is 1. The third-order valence-corrected chi connectivity index (χ3v) is 5.46. The third-order valence-electron chi connectivity index (χ3n) is 5.46. The van der Waals surface area contributed by atoms with Crippen LogP contribution in [0.4, 0.5) is 5.69 Å². The molecule has 5 nitrogen and oxygen atoms in total. The van der Waals surface area contributed by atoms with Crippen molar-refractivity contribution in [3.05, 3.63) is 59.8 Å². The number of anilines is 1. The predicted molar refractivity (Wildman–Crippen MR) is 110 cm³/mol. The number of H-pyrrole nitrogens is 1. The highest BCUT2D eigenvalue weighted by atomic mass is 16.5. The van der Waals surface area contributed by atoms with Gasteiger partial charge >= 0.3 is 0 Å². The van der Waals surface area contributed by atoms with Gasteiger partial charge in [0.2, 0.25) is 0 Å². The molecule has 2 heterocycles. The van der Waals surface area contributed by atoms with Gasteiger partial charge < -0.3 is 19.7 Å². The van der Waals surface area contributed by atoms with Crippen molar-refractivity contribution in [2.45, 2.75) is 13.0 Å². The lowest BCUT2D eigenvalue weighted by atomic mass is 10.1. The summed E-state index contributed by atoms with van der Waals surface area (Å²) >= 11 is 0. The molecule has 0 unspecified atom stereocenters. The molecule has 3 aromatic rings. The minimum Gasteiger partial charge on any atom is -0.495 e. The third kappa shape index (κ3) is 3.66. The number of fused-ring (bicyclic) bond motifs is 1. The maximum atomic E-state index is 10.8. The van der Waals surface area contributed by atoms with Crippen LogP contribution < -0.4 is 9.64 Å². The number of hydrogen-bond acceptors (Lipinski definition) is 4. The van der Waals surface area contributed by atoms with E-state index in [4.69, 9.17) is 4.74 Å². The number of piperazine rings is 1. The smallest absolute Gasteiger partial charge is 0.142 e. The van der Waals surface area contributed by atoms with Crippen molar-refractivity contribution in [2.75, 3.05) is 44.7 Å². The zero-order chi connectivity index (χ0) is 18.8. The molecule has 27 heavy (non-hydrogen) atoms. The number of β-amino-alcohol motifs (C(OH)–C–C–N with tert-alkyl or cyclic N) is 1. The van der Waals surface area contributed by atoms with Crippen molar-refractivity contribution in [1.82, 2.24) is 9.88 Å². The fourth-order valence-electron chi connectivity index (χ4n) is 3.94. The van der Waals surface area contributed by atoms with Gasteiger partial charge in [0, 0.05) is 55.4 Å². The summed E-state index contributed by atoms with van der Waals surface area (Å²) in [5, 5.41) is 11.9. The first-order valence-electron chi connectivity index (χ1n) is 9.51. The molecular weight excluding hydrogens is 338 g/mol. The van der Waals surface area contributed by atoms with E-state index in [1.165, 1.54) is 5.56 Å². The summed E-state index contributed by atoms with van der Waals surface area (Å²) in [6.07, 6.45) is 1.46. The molecule has 1 fully saturated rings. The SMILES string of the molecule is COc1ccccc1N1CCN(C[C@@H](O)c2c[nH]c3ccc(C)cc23)CC1. The highest BCUT2D eigenvalue weighted by Gasteiger charge is 2.23. The van der Waals surface area contributed by atoms with Crippen LogP contribution in [0.15, 0.2) is 48.7 Å². The van der Waals surface area contributed by atoms with Gasteiger partial charge in [-0.3, -0.25) is 4.90 Å². The normalized spacial score (nSPS) is 16.6. The Hall–Kier alpha value is -2.50. The summed E-state index contributed by atoms with van der Waals surface area (Å²) < 4.78 is 5.49. The molecule has 0 spiro atoms. The van der Waals surface area contributed by atoms with E-state index in [1.54, 1.807) is 7.11 Å². The van der Waals surface area contributed by atoms with Crippen LogP contribution in [0.2, 0.25) is 0 Å². The molecule has 142 valence electrons. The van der Waals surface area contributed by atoms with E-state index in [-0.39, 0.29) is 0 Å². The number of rotatable bonds is 5. The zero-order valence-corrected chi connectivity index (χ0v) is 16.0.